The summed E-state index contributed by atoms with van der Waals surface area (Å²) in [7, 11) is 3.32. The Morgan fingerprint density at radius 2 is 1.34 bits per heavy atom. The van der Waals surface area contributed by atoms with Crippen LogP contribution < -0.4 is 51.8 Å². The van der Waals surface area contributed by atoms with Gasteiger partial charge in [0.15, 0.2) is 0 Å². The van der Waals surface area contributed by atoms with Gasteiger partial charge in [-0.15, -0.1) is 0 Å². The maximum atomic E-state index is 16.3. The van der Waals surface area contributed by atoms with Gasteiger partial charge in [0, 0.05) is 0 Å². The number of phenolic OH excluding ortho intramolecular Hbond substituents is 3. The van der Waals surface area contributed by atoms with Crippen LogP contribution in [0.3, 0.4) is 0 Å². The van der Waals surface area contributed by atoms with Gasteiger partial charge in [-0.1, -0.05) is 13.8 Å². The van der Waals surface area contributed by atoms with Crippen molar-refractivity contribution < 1.29 is 122 Å². The summed E-state index contributed by atoms with van der Waals surface area (Å²) >= 11 is 0.148. The molecule has 2 fully saturated rings. The average molecular weight is 1690 g/mol. The standard InChI is InChI=1S/C73H88N8O21.Rb.Re/c1-12-49-63(89)48(85)25-40(99-49)30-97-65-52-23-39-24-53(65)101-51-18-15-38(21-33(51)5)64(102-55-28-73(8,9)66(90)35(7)98-55)60-72(96)76-44(29-82)41-26-47(84)34(6)61(87)56(41)42-22-36(13-16-46(42)83)57(69(93)80-60)78-70(94)58(39)77-67(91)43(27-54(74)86)75-71(95)59(79-68(92)45(81(10)11)19-31(2)3)62(88)37-14-17-50(100-52)32(4)20-37;;/h13-18,20-26,31,35,40,43-45,48-49,55,57-60,62-64,66,83-85,87-90H,12,19,27-28,30H2,1-11H3,(H2,74,86)(H,75,95)(H,76,96)(H,77,91)(H,78,94)(H,79,92)(H,80,93);;. The van der Waals surface area contributed by atoms with E-state index in [1.54, 1.807) is 66.6 Å². The molecule has 0 aliphatic carbocycles. The molecular formula is C73H88N8O21RbRe. The molecular weight excluding hydrogens is 1600 g/mol. The topological polar surface area (TPSA) is 435 Å². The summed E-state index contributed by atoms with van der Waals surface area (Å²) in [4.78, 5) is 122. The summed E-state index contributed by atoms with van der Waals surface area (Å²) in [5.74, 6) is -10.0. The molecule has 0 radical (unpaired) electrons. The van der Waals surface area contributed by atoms with Crippen molar-refractivity contribution in [3.8, 4) is 57.1 Å². The molecule has 554 valence electrons. The van der Waals surface area contributed by atoms with Gasteiger partial charge in [0.1, 0.15) is 6.04 Å². The molecule has 5 aromatic carbocycles. The molecule has 11 bridgehead atoms. The van der Waals surface area contributed by atoms with Crippen molar-refractivity contribution in [2.45, 2.75) is 190 Å². The van der Waals surface area contributed by atoms with Gasteiger partial charge in [-0.05, 0) is 26.4 Å². The molecule has 17 unspecified atom stereocenters. The van der Waals surface area contributed by atoms with Gasteiger partial charge in [-0.2, -0.15) is 0 Å². The second-order valence-electron chi connectivity index (χ2n) is 28.7. The first-order valence-electron chi connectivity index (χ1n) is 34.3. The number of phenols is 3. The molecule has 7 heterocycles. The molecule has 2 saturated heterocycles. The fourth-order valence-corrected chi connectivity index (χ4v) is 16.0. The zero-order valence-electron chi connectivity index (χ0n) is 59.6. The number of amides is 7. The van der Waals surface area contributed by atoms with Crippen LogP contribution in [0.15, 0.2) is 72.8 Å². The molecule has 29 nitrogen and oxygen atoms in total. The number of nitrogens with one attached hydrogen (secondary N) is 6. The van der Waals surface area contributed by atoms with Crippen molar-refractivity contribution in [3.63, 3.8) is 0 Å². The Labute approximate surface area is 650 Å². The van der Waals surface area contributed by atoms with Crippen LogP contribution in [-0.4, -0.2) is 224 Å². The Hall–Kier alpha value is -6.99. The van der Waals surface area contributed by atoms with E-state index < -0.39 is 227 Å². The number of ether oxygens (including phenoxy) is 6. The molecule has 0 spiro atoms. The summed E-state index contributed by atoms with van der Waals surface area (Å²) in [6.07, 6.45) is -11.1. The van der Waals surface area contributed by atoms with Crippen molar-refractivity contribution in [2.24, 2.45) is 17.1 Å². The van der Waals surface area contributed by atoms with Gasteiger partial charge in [-0.3, -0.25) is 19.3 Å². The number of aromatic hydroxyl groups is 3. The zero-order valence-corrected chi connectivity index (χ0v) is 67.2. The average Bonchev–Trinajstić information content (AvgIpc) is 0.759. The summed E-state index contributed by atoms with van der Waals surface area (Å²) in [5, 5.41) is 97.8. The number of rotatable bonds is 14. The normalized spacial score (nSPS) is 28.1. The fourth-order valence-electron chi connectivity index (χ4n) is 13.8. The number of primary amides is 1. The summed E-state index contributed by atoms with van der Waals surface area (Å²) in [5.41, 5.74) is 4.67. The molecule has 104 heavy (non-hydrogen) atoms. The number of fused-ring (bicyclic) bond motifs is 15. The number of benzene rings is 5. The number of hydrogen-bond donors (Lipinski definition) is 14. The Bertz CT molecular complexity index is 4180. The van der Waals surface area contributed by atoms with Crippen LogP contribution in [-0.2, 0) is 71.8 Å². The second-order valence-corrected chi connectivity index (χ2v) is 33.0. The van der Waals surface area contributed by atoms with Gasteiger partial charge in [0.2, 0.25) is 17.7 Å². The molecule has 0 saturated carbocycles. The SMILES string of the molecule is CCC1OC(COc2c3cc4cc2Oc2ccc(cc2C)C(OC2CC(C)(C)C(O)C(C)O2)C2NC(=O)C(NC(=O)C4NC(=O)C(CC(N)=O)NC(=O)C(NC(=O)C(CC(C)C)N(C)C)C(O)c4ccc(c(C)c4)O3)c3ccc(O)c(c3)-c3c(cc(O)c(C)c3O)C([C](=O)[Rb])NC2=O)[CH]([Re])C(O)C1O. The van der Waals surface area contributed by atoms with Gasteiger partial charge >= 0.3 is 539 Å². The van der Waals surface area contributed by atoms with Gasteiger partial charge in [0.25, 0.3) is 0 Å². The Kier molecular flexibility index (Phi) is 25.0. The first-order valence-corrected chi connectivity index (χ1v) is 38.4. The van der Waals surface area contributed by atoms with Crippen LogP contribution >= 0.6 is 0 Å². The van der Waals surface area contributed by atoms with Gasteiger partial charge in [-0.25, -0.2) is 0 Å². The summed E-state index contributed by atoms with van der Waals surface area (Å²) in [6, 6.07) is 3.85. The second kappa shape index (κ2) is 32.6. The van der Waals surface area contributed by atoms with Crippen molar-refractivity contribution in [2.75, 3.05) is 20.7 Å². The van der Waals surface area contributed by atoms with Crippen LogP contribution in [0, 0.1) is 32.1 Å². The number of aryl methyl sites for hydroxylation is 2. The van der Waals surface area contributed by atoms with E-state index in [0.717, 1.165) is 31.3 Å². The van der Waals surface area contributed by atoms with Crippen LogP contribution in [0.2, 0.25) is 4.39 Å². The Morgan fingerprint density at radius 1 is 0.731 bits per heavy atom. The van der Waals surface area contributed by atoms with Gasteiger partial charge in [0.05, 0.1) is 12.5 Å². The fraction of sp³-hybridized carbons (Fsp3) is 0.479. The molecule has 5 aromatic rings. The number of nitrogens with zero attached hydrogens (tertiary/aromatic N) is 1. The molecule has 12 rings (SSSR count). The number of aliphatic hydroxyl groups is 4. The van der Waals surface area contributed by atoms with Crippen LogP contribution in [0.1, 0.15) is 142 Å². The van der Waals surface area contributed by atoms with E-state index >= 15 is 24.0 Å². The van der Waals surface area contributed by atoms with Crippen LogP contribution in [0.25, 0.3) is 11.1 Å². The molecule has 7 amide bonds. The van der Waals surface area contributed by atoms with Crippen molar-refractivity contribution in [1.29, 1.82) is 0 Å². The number of carbonyl (C=O) groups excluding carboxylic acids is 8. The van der Waals surface area contributed by atoms with Crippen molar-refractivity contribution in [3.05, 3.63) is 117 Å². The summed E-state index contributed by atoms with van der Waals surface area (Å²) in [6.45, 7) is 15.0. The molecule has 15 N–H and O–H groups in total. The third-order valence-electron chi connectivity index (χ3n) is 19.8. The van der Waals surface area contributed by atoms with Crippen molar-refractivity contribution in [1.82, 2.24) is 36.8 Å². The number of carbonyl (C=O) groups is 8. The Morgan fingerprint density at radius 3 is 1.93 bits per heavy atom. The van der Waals surface area contributed by atoms with E-state index in [4.69, 9.17) is 34.2 Å². The van der Waals surface area contributed by atoms with E-state index in [-0.39, 0.29) is 92.2 Å². The molecule has 31 heteroatoms. The predicted molar refractivity (Wildman–Crippen MR) is 368 cm³/mol. The number of likely N-dealkylation sites (N-methyl/N-ethyl adjacent to an activating group) is 1. The third kappa shape index (κ3) is 17.0. The molecule has 17 atom stereocenters. The van der Waals surface area contributed by atoms with E-state index in [9.17, 15) is 50.1 Å². The number of aliphatic hydroxyl groups excluding tert-OH is 4. The minimum atomic E-state index is -2.13. The minimum absolute atomic E-state index is 0.0193. The van der Waals surface area contributed by atoms with E-state index in [0.29, 0.717) is 24.0 Å². The third-order valence-corrected chi connectivity index (χ3v) is 23.1. The monoisotopic (exact) mass is 1680 g/mol. The number of nitrogens with two attached hydrogens (primary N) is 1. The zero-order chi connectivity index (χ0) is 76.0. The first kappa shape index (κ1) is 79.6. The predicted octanol–water partition coefficient (Wildman–Crippen LogP) is 3.42. The van der Waals surface area contributed by atoms with Crippen molar-refractivity contribution >= 4 is 95.7 Å². The van der Waals surface area contributed by atoms with E-state index in [1.165, 1.54) is 61.5 Å². The van der Waals surface area contributed by atoms with E-state index in [2.05, 4.69) is 31.9 Å². The molecule has 7 aliphatic rings. The number of hydrogen-bond acceptors (Lipinski definition) is 22. The first-order chi connectivity index (χ1) is 49.0. The summed E-state index contributed by atoms with van der Waals surface area (Å²) < 4.78 is 39.0. The van der Waals surface area contributed by atoms with Gasteiger partial charge < -0.3 is 21.5 Å². The molecule has 0 aromatic heterocycles. The van der Waals surface area contributed by atoms with E-state index in [1.807, 2.05) is 13.8 Å². The van der Waals surface area contributed by atoms with Crippen LogP contribution in [0.4, 0.5) is 0 Å². The maximum absolute atomic E-state index is 16.3. The van der Waals surface area contributed by atoms with Crippen LogP contribution in [0.5, 0.6) is 46.0 Å². The quantitative estimate of drug-likeness (QED) is 0.0757. The molecule has 7 aliphatic heterocycles. The Balaban J connectivity index is 1.25.